The molecule has 0 spiro atoms. The third kappa shape index (κ3) is 5.10. The molecule has 1 atom stereocenters. The van der Waals surface area contributed by atoms with E-state index in [0.717, 1.165) is 32.6 Å². The Balaban J connectivity index is 1.96. The van der Waals surface area contributed by atoms with E-state index in [0.29, 0.717) is 6.04 Å². The zero-order valence-electron chi connectivity index (χ0n) is 13.2. The third-order valence-electron chi connectivity index (χ3n) is 3.76. The summed E-state index contributed by atoms with van der Waals surface area (Å²) in [6.45, 7) is 7.09. The van der Waals surface area contributed by atoms with Crippen LogP contribution in [-0.2, 0) is 11.2 Å². The summed E-state index contributed by atoms with van der Waals surface area (Å²) in [5.41, 5.74) is 1.49. The van der Waals surface area contributed by atoms with Gasteiger partial charge in [-0.2, -0.15) is 0 Å². The molecule has 2 nitrogen and oxygen atoms in total. The number of thiophene rings is 1. The lowest BCUT2D eigenvalue weighted by molar-refractivity contribution is 0.140. The molecule has 0 saturated carbocycles. The SMILES string of the molecule is CCCNC(CCCOCC)Cc1csc2ccccc12. The molecule has 116 valence electrons. The van der Waals surface area contributed by atoms with Gasteiger partial charge < -0.3 is 10.1 Å². The number of rotatable bonds is 10. The van der Waals surface area contributed by atoms with Crippen LogP contribution in [0.2, 0.25) is 0 Å². The van der Waals surface area contributed by atoms with E-state index in [1.54, 1.807) is 0 Å². The Hall–Kier alpha value is -0.900. The molecule has 3 heteroatoms. The van der Waals surface area contributed by atoms with E-state index in [1.807, 2.05) is 11.3 Å². The molecule has 2 aromatic rings. The summed E-state index contributed by atoms with van der Waals surface area (Å²) in [6.07, 6.45) is 4.63. The van der Waals surface area contributed by atoms with E-state index in [4.69, 9.17) is 4.74 Å². The quantitative estimate of drug-likeness (QED) is 0.646. The maximum absolute atomic E-state index is 5.47. The van der Waals surface area contributed by atoms with Gasteiger partial charge in [0.1, 0.15) is 0 Å². The molecule has 0 aliphatic carbocycles. The highest BCUT2D eigenvalue weighted by Crippen LogP contribution is 2.27. The highest BCUT2D eigenvalue weighted by Gasteiger charge is 2.12. The lowest BCUT2D eigenvalue weighted by Gasteiger charge is -2.18. The second-order valence-corrected chi connectivity index (χ2v) is 6.36. The smallest absolute Gasteiger partial charge is 0.0466 e. The van der Waals surface area contributed by atoms with Crippen LogP contribution in [-0.4, -0.2) is 25.8 Å². The Morgan fingerprint density at radius 3 is 2.90 bits per heavy atom. The molecule has 1 aromatic carbocycles. The van der Waals surface area contributed by atoms with Crippen LogP contribution in [0.5, 0.6) is 0 Å². The molecule has 0 saturated heterocycles. The summed E-state index contributed by atoms with van der Waals surface area (Å²) in [5.74, 6) is 0. The Morgan fingerprint density at radius 2 is 2.10 bits per heavy atom. The molecule has 1 unspecified atom stereocenters. The Labute approximate surface area is 132 Å². The van der Waals surface area contributed by atoms with Crippen molar-refractivity contribution in [2.75, 3.05) is 19.8 Å². The van der Waals surface area contributed by atoms with E-state index in [2.05, 4.69) is 48.8 Å². The van der Waals surface area contributed by atoms with E-state index in [-0.39, 0.29) is 0 Å². The van der Waals surface area contributed by atoms with E-state index in [9.17, 15) is 0 Å². The average Bonchev–Trinajstić information content (AvgIpc) is 2.92. The minimum absolute atomic E-state index is 0.559. The standard InChI is InChI=1S/C18H27NOS/c1-3-11-19-16(8-7-12-20-4-2)13-15-14-21-18-10-6-5-9-17(15)18/h5-6,9-10,14,16,19H,3-4,7-8,11-13H2,1-2H3. The van der Waals surface area contributed by atoms with Crippen molar-refractivity contribution in [2.45, 2.75) is 45.6 Å². The molecule has 0 amide bonds. The van der Waals surface area contributed by atoms with Gasteiger partial charge in [0, 0.05) is 24.0 Å². The lowest BCUT2D eigenvalue weighted by Crippen LogP contribution is -2.32. The Bertz CT molecular complexity index is 523. The van der Waals surface area contributed by atoms with Crippen molar-refractivity contribution < 1.29 is 4.74 Å². The van der Waals surface area contributed by atoms with Crippen molar-refractivity contribution in [3.63, 3.8) is 0 Å². The van der Waals surface area contributed by atoms with Gasteiger partial charge in [-0.1, -0.05) is 25.1 Å². The van der Waals surface area contributed by atoms with Gasteiger partial charge in [-0.05, 0) is 61.5 Å². The maximum atomic E-state index is 5.47. The fourth-order valence-electron chi connectivity index (χ4n) is 2.66. The van der Waals surface area contributed by atoms with Gasteiger partial charge in [-0.15, -0.1) is 11.3 Å². The lowest BCUT2D eigenvalue weighted by atomic mass is 10.0. The molecular formula is C18H27NOS. The summed E-state index contributed by atoms with van der Waals surface area (Å²) in [4.78, 5) is 0. The minimum atomic E-state index is 0.559. The van der Waals surface area contributed by atoms with Crippen LogP contribution in [0.25, 0.3) is 10.1 Å². The summed E-state index contributed by atoms with van der Waals surface area (Å²) >= 11 is 1.86. The van der Waals surface area contributed by atoms with Crippen LogP contribution in [0, 0.1) is 0 Å². The molecule has 1 heterocycles. The normalized spacial score (nSPS) is 12.9. The highest BCUT2D eigenvalue weighted by molar-refractivity contribution is 7.17. The summed E-state index contributed by atoms with van der Waals surface area (Å²) in [7, 11) is 0. The second kappa shape index (κ2) is 9.19. The number of nitrogens with one attached hydrogen (secondary N) is 1. The molecule has 1 N–H and O–H groups in total. The van der Waals surface area contributed by atoms with Crippen molar-refractivity contribution in [2.24, 2.45) is 0 Å². The summed E-state index contributed by atoms with van der Waals surface area (Å²) in [6, 6.07) is 9.29. The Morgan fingerprint density at radius 1 is 1.24 bits per heavy atom. The number of fused-ring (bicyclic) bond motifs is 1. The largest absolute Gasteiger partial charge is 0.382 e. The zero-order valence-corrected chi connectivity index (χ0v) is 14.0. The predicted octanol–water partition coefficient (Wildman–Crippen LogP) is 4.63. The van der Waals surface area contributed by atoms with Crippen molar-refractivity contribution in [3.8, 4) is 0 Å². The van der Waals surface area contributed by atoms with Crippen LogP contribution in [0.4, 0.5) is 0 Å². The van der Waals surface area contributed by atoms with Crippen LogP contribution in [0.15, 0.2) is 29.6 Å². The monoisotopic (exact) mass is 305 g/mol. The van der Waals surface area contributed by atoms with Crippen LogP contribution < -0.4 is 5.32 Å². The fourth-order valence-corrected chi connectivity index (χ4v) is 3.63. The predicted molar refractivity (Wildman–Crippen MR) is 93.3 cm³/mol. The average molecular weight is 305 g/mol. The topological polar surface area (TPSA) is 21.3 Å². The van der Waals surface area contributed by atoms with Gasteiger partial charge in [-0.25, -0.2) is 0 Å². The van der Waals surface area contributed by atoms with Gasteiger partial charge in [0.15, 0.2) is 0 Å². The van der Waals surface area contributed by atoms with E-state index >= 15 is 0 Å². The van der Waals surface area contributed by atoms with E-state index < -0.39 is 0 Å². The summed E-state index contributed by atoms with van der Waals surface area (Å²) < 4.78 is 6.87. The third-order valence-corrected chi connectivity index (χ3v) is 4.77. The zero-order chi connectivity index (χ0) is 14.9. The fraction of sp³-hybridized carbons (Fsp3) is 0.556. The van der Waals surface area contributed by atoms with Crippen LogP contribution in [0.1, 0.15) is 38.7 Å². The summed E-state index contributed by atoms with van der Waals surface area (Å²) in [5, 5.41) is 7.45. The maximum Gasteiger partial charge on any atom is 0.0466 e. The number of hydrogen-bond acceptors (Lipinski definition) is 3. The molecule has 2 rings (SSSR count). The minimum Gasteiger partial charge on any atom is -0.382 e. The van der Waals surface area contributed by atoms with Crippen molar-refractivity contribution in [1.29, 1.82) is 0 Å². The first kappa shape index (κ1) is 16.5. The molecule has 21 heavy (non-hydrogen) atoms. The Kier molecular flexibility index (Phi) is 7.20. The number of ether oxygens (including phenoxy) is 1. The molecule has 0 aliphatic rings. The van der Waals surface area contributed by atoms with Crippen molar-refractivity contribution in [3.05, 3.63) is 35.2 Å². The van der Waals surface area contributed by atoms with Crippen molar-refractivity contribution in [1.82, 2.24) is 5.32 Å². The first-order chi connectivity index (χ1) is 10.3. The molecular weight excluding hydrogens is 278 g/mol. The van der Waals surface area contributed by atoms with E-state index in [1.165, 1.54) is 28.5 Å². The number of hydrogen-bond donors (Lipinski definition) is 1. The van der Waals surface area contributed by atoms with Gasteiger partial charge >= 0.3 is 0 Å². The first-order valence-corrected chi connectivity index (χ1v) is 8.99. The molecule has 1 aromatic heterocycles. The molecule has 0 aliphatic heterocycles. The molecule has 0 radical (unpaired) electrons. The van der Waals surface area contributed by atoms with Crippen molar-refractivity contribution >= 4 is 21.4 Å². The van der Waals surface area contributed by atoms with Crippen LogP contribution >= 0.6 is 11.3 Å². The van der Waals surface area contributed by atoms with Gasteiger partial charge in [0.25, 0.3) is 0 Å². The van der Waals surface area contributed by atoms with Gasteiger partial charge in [0.05, 0.1) is 0 Å². The van der Waals surface area contributed by atoms with Gasteiger partial charge in [-0.3, -0.25) is 0 Å². The molecule has 0 bridgehead atoms. The second-order valence-electron chi connectivity index (χ2n) is 5.45. The highest BCUT2D eigenvalue weighted by atomic mass is 32.1. The first-order valence-electron chi connectivity index (χ1n) is 8.11. The van der Waals surface area contributed by atoms with Crippen LogP contribution in [0.3, 0.4) is 0 Å². The number of benzene rings is 1. The van der Waals surface area contributed by atoms with Gasteiger partial charge in [0.2, 0.25) is 0 Å². The molecule has 0 fully saturated rings.